The zero-order valence-electron chi connectivity index (χ0n) is 6.94. The van der Waals surface area contributed by atoms with Crippen molar-refractivity contribution in [2.24, 2.45) is 0 Å². The fourth-order valence-corrected chi connectivity index (χ4v) is 2.85. The molecule has 0 aliphatic heterocycles. The largest absolute Gasteiger partial charge is 0.499 e. The minimum Gasteiger partial charge on any atom is -0.499 e. The summed E-state index contributed by atoms with van der Waals surface area (Å²) in [5.41, 5.74) is 0.409. The van der Waals surface area contributed by atoms with E-state index in [-0.39, 0.29) is 5.06 Å². The van der Waals surface area contributed by atoms with Crippen LogP contribution in [0.4, 0.5) is 0 Å². The Morgan fingerprint density at radius 2 is 1.93 bits per heavy atom. The number of fused-ring (bicyclic) bond motifs is 1. The maximum Gasteiger partial charge on any atom is 0.488 e. The van der Waals surface area contributed by atoms with E-state index in [1.807, 2.05) is 0 Å². The van der Waals surface area contributed by atoms with E-state index in [1.54, 1.807) is 18.2 Å². The third kappa shape index (κ3) is 1.66. The molecule has 0 amide bonds. The van der Waals surface area contributed by atoms with Gasteiger partial charge in [0, 0.05) is 20.6 Å². The van der Waals surface area contributed by atoms with Crippen molar-refractivity contribution in [2.45, 2.75) is 0 Å². The number of halogens is 1. The molecule has 0 radical (unpaired) electrons. The predicted molar refractivity (Wildman–Crippen MR) is 61.0 cm³/mol. The smallest absolute Gasteiger partial charge is 0.488 e. The molecular weight excluding hydrogens is 267 g/mol. The van der Waals surface area contributed by atoms with Gasteiger partial charge < -0.3 is 15.2 Å². The molecular formula is C8H6BBrO3S. The molecule has 1 aromatic heterocycles. The number of aromatic hydroxyl groups is 1. The van der Waals surface area contributed by atoms with E-state index >= 15 is 0 Å². The maximum absolute atomic E-state index is 9.28. The first-order valence-electron chi connectivity index (χ1n) is 3.86. The molecule has 2 rings (SSSR count). The first-order chi connectivity index (χ1) is 6.58. The summed E-state index contributed by atoms with van der Waals surface area (Å²) in [7, 11) is -1.49. The molecule has 14 heavy (non-hydrogen) atoms. The third-order valence-corrected chi connectivity index (χ3v) is 3.44. The molecule has 0 aliphatic carbocycles. The maximum atomic E-state index is 9.28. The van der Waals surface area contributed by atoms with Crippen LogP contribution in [0.5, 0.6) is 5.06 Å². The molecule has 3 N–H and O–H groups in total. The molecule has 1 aromatic carbocycles. The van der Waals surface area contributed by atoms with E-state index in [2.05, 4.69) is 15.9 Å². The highest BCUT2D eigenvalue weighted by molar-refractivity contribution is 9.10. The van der Waals surface area contributed by atoms with Crippen LogP contribution in [-0.4, -0.2) is 22.3 Å². The van der Waals surface area contributed by atoms with E-state index in [1.165, 1.54) is 11.3 Å². The van der Waals surface area contributed by atoms with Crippen molar-refractivity contribution in [1.82, 2.24) is 0 Å². The van der Waals surface area contributed by atoms with Crippen LogP contribution in [0.15, 0.2) is 22.7 Å². The molecule has 0 unspecified atom stereocenters. The van der Waals surface area contributed by atoms with Crippen molar-refractivity contribution in [3.63, 3.8) is 0 Å². The molecule has 3 nitrogen and oxygen atoms in total. The molecule has 0 atom stereocenters. The Hall–Kier alpha value is -0.555. The standard InChI is InChI=1S/C8H6BBrO3S/c10-6-1-4(9(12)13)2-7-5(6)3-8(11)14-7/h1-3,11-13H. The van der Waals surface area contributed by atoms with Crippen LogP contribution in [0.2, 0.25) is 0 Å². The van der Waals surface area contributed by atoms with Gasteiger partial charge in [0.2, 0.25) is 0 Å². The Balaban J connectivity index is 2.71. The molecule has 0 spiro atoms. The molecule has 0 fully saturated rings. The Bertz CT molecular complexity index is 483. The molecule has 6 heteroatoms. The van der Waals surface area contributed by atoms with E-state index in [0.29, 0.717) is 5.46 Å². The lowest BCUT2D eigenvalue weighted by molar-refractivity contribution is 0.426. The normalized spacial score (nSPS) is 10.8. The Labute approximate surface area is 92.9 Å². The minimum atomic E-state index is -1.49. The van der Waals surface area contributed by atoms with Crippen LogP contribution >= 0.6 is 27.3 Å². The SMILES string of the molecule is OB(O)c1cc(Br)c2cc(O)sc2c1. The molecule has 2 aromatic rings. The zero-order valence-corrected chi connectivity index (χ0v) is 9.34. The second-order valence-electron chi connectivity index (χ2n) is 2.87. The highest BCUT2D eigenvalue weighted by Crippen LogP contribution is 2.34. The topological polar surface area (TPSA) is 60.7 Å². The number of benzene rings is 1. The summed E-state index contributed by atoms with van der Waals surface area (Å²) in [6, 6.07) is 4.91. The second-order valence-corrected chi connectivity index (χ2v) is 4.79. The van der Waals surface area contributed by atoms with E-state index in [0.717, 1.165) is 14.6 Å². The van der Waals surface area contributed by atoms with E-state index in [4.69, 9.17) is 10.0 Å². The fraction of sp³-hybridized carbons (Fsp3) is 0. The first kappa shape index (κ1) is 9.98. The lowest BCUT2D eigenvalue weighted by Gasteiger charge is -2.00. The average Bonchev–Trinajstić information content (AvgIpc) is 2.45. The summed E-state index contributed by atoms with van der Waals surface area (Å²) in [6.07, 6.45) is 0. The van der Waals surface area contributed by atoms with Gasteiger partial charge in [-0.25, -0.2) is 0 Å². The van der Waals surface area contributed by atoms with Gasteiger partial charge in [-0.2, -0.15) is 0 Å². The van der Waals surface area contributed by atoms with E-state index < -0.39 is 7.12 Å². The summed E-state index contributed by atoms with van der Waals surface area (Å²) in [6.45, 7) is 0. The molecule has 0 aliphatic rings. The highest BCUT2D eigenvalue weighted by atomic mass is 79.9. The van der Waals surface area contributed by atoms with Crippen LogP contribution in [-0.2, 0) is 0 Å². The highest BCUT2D eigenvalue weighted by Gasteiger charge is 2.14. The Morgan fingerprint density at radius 1 is 1.21 bits per heavy atom. The molecule has 0 saturated carbocycles. The van der Waals surface area contributed by atoms with Gasteiger partial charge in [0.15, 0.2) is 5.06 Å². The van der Waals surface area contributed by atoms with Crippen LogP contribution in [0, 0.1) is 0 Å². The Morgan fingerprint density at radius 3 is 2.57 bits per heavy atom. The molecule has 72 valence electrons. The van der Waals surface area contributed by atoms with Crippen molar-refractivity contribution in [3.8, 4) is 5.06 Å². The minimum absolute atomic E-state index is 0.213. The van der Waals surface area contributed by atoms with Gasteiger partial charge in [0.05, 0.1) is 0 Å². The van der Waals surface area contributed by atoms with Gasteiger partial charge in [-0.15, -0.1) is 0 Å². The van der Waals surface area contributed by atoms with Crippen LogP contribution in [0.25, 0.3) is 10.1 Å². The van der Waals surface area contributed by atoms with Gasteiger partial charge in [0.25, 0.3) is 0 Å². The quantitative estimate of drug-likeness (QED) is 0.680. The average molecular weight is 273 g/mol. The van der Waals surface area contributed by atoms with Gasteiger partial charge in [-0.05, 0) is 17.6 Å². The fourth-order valence-electron chi connectivity index (χ4n) is 1.25. The van der Waals surface area contributed by atoms with Gasteiger partial charge >= 0.3 is 7.12 Å². The summed E-state index contributed by atoms with van der Waals surface area (Å²) >= 11 is 4.50. The van der Waals surface area contributed by atoms with Crippen LogP contribution < -0.4 is 5.46 Å². The van der Waals surface area contributed by atoms with Gasteiger partial charge in [0.1, 0.15) is 0 Å². The summed E-state index contributed by atoms with van der Waals surface area (Å²) in [4.78, 5) is 0. The Kier molecular flexibility index (Phi) is 2.53. The van der Waals surface area contributed by atoms with Crippen molar-refractivity contribution in [1.29, 1.82) is 0 Å². The van der Waals surface area contributed by atoms with Crippen molar-refractivity contribution in [3.05, 3.63) is 22.7 Å². The zero-order chi connectivity index (χ0) is 10.3. The van der Waals surface area contributed by atoms with Crippen LogP contribution in [0.3, 0.4) is 0 Å². The first-order valence-corrected chi connectivity index (χ1v) is 5.47. The van der Waals surface area contributed by atoms with Crippen molar-refractivity contribution < 1.29 is 15.2 Å². The van der Waals surface area contributed by atoms with Crippen molar-refractivity contribution in [2.75, 3.05) is 0 Å². The second kappa shape index (κ2) is 3.54. The van der Waals surface area contributed by atoms with Crippen molar-refractivity contribution >= 4 is 49.9 Å². The third-order valence-electron chi connectivity index (χ3n) is 1.89. The van der Waals surface area contributed by atoms with Gasteiger partial charge in [-0.1, -0.05) is 27.3 Å². The lowest BCUT2D eigenvalue weighted by Crippen LogP contribution is -2.29. The summed E-state index contributed by atoms with van der Waals surface area (Å²) in [5, 5.41) is 28.4. The number of rotatable bonds is 1. The molecule has 0 saturated heterocycles. The van der Waals surface area contributed by atoms with Crippen LogP contribution in [0.1, 0.15) is 0 Å². The predicted octanol–water partition coefficient (Wildman–Crippen LogP) is 1.05. The van der Waals surface area contributed by atoms with Gasteiger partial charge in [-0.3, -0.25) is 0 Å². The number of hydrogen-bond donors (Lipinski definition) is 3. The number of thiophene rings is 1. The lowest BCUT2D eigenvalue weighted by atomic mass is 9.80. The molecule has 1 heterocycles. The summed E-state index contributed by atoms with van der Waals surface area (Å²) in [5.74, 6) is 0. The summed E-state index contributed by atoms with van der Waals surface area (Å²) < 4.78 is 1.56. The van der Waals surface area contributed by atoms with E-state index in [9.17, 15) is 5.11 Å². The number of hydrogen-bond acceptors (Lipinski definition) is 4. The monoisotopic (exact) mass is 272 g/mol. The molecule has 0 bridgehead atoms.